The smallest absolute Gasteiger partial charge is 0.408 e. The van der Waals surface area contributed by atoms with Gasteiger partial charge in [-0.25, -0.2) is 4.79 Å². The van der Waals surface area contributed by atoms with E-state index in [2.05, 4.69) is 17.2 Å². The number of carbonyl (C=O) groups is 1. The first-order chi connectivity index (χ1) is 9.31. The van der Waals surface area contributed by atoms with Crippen molar-refractivity contribution in [2.45, 2.75) is 33.3 Å². The molecule has 0 unspecified atom stereocenters. The van der Waals surface area contributed by atoms with Gasteiger partial charge in [0.05, 0.1) is 19.2 Å². The standard InChI is InChI=1S/C16H21NO3/c1-12-8-9-13(14(11-12)19-5)7-6-10-17-15(18)20-16(2,3)4/h8-9,11H,10H2,1-5H3,(H,17,18). The van der Waals surface area contributed by atoms with E-state index < -0.39 is 11.7 Å². The van der Waals surface area contributed by atoms with Crippen LogP contribution >= 0.6 is 0 Å². The predicted octanol–water partition coefficient (Wildman–Crippen LogP) is 2.88. The number of aryl methyl sites for hydroxylation is 1. The molecule has 0 aromatic heterocycles. The van der Waals surface area contributed by atoms with Crippen LogP contribution in [0, 0.1) is 18.8 Å². The highest BCUT2D eigenvalue weighted by atomic mass is 16.6. The normalized spacial score (nSPS) is 10.2. The van der Waals surface area contributed by atoms with Gasteiger partial charge in [0, 0.05) is 0 Å². The number of rotatable bonds is 2. The van der Waals surface area contributed by atoms with E-state index in [0.717, 1.165) is 16.9 Å². The molecule has 0 bridgehead atoms. The Hall–Kier alpha value is -2.15. The van der Waals surface area contributed by atoms with Gasteiger partial charge in [0.25, 0.3) is 0 Å². The topological polar surface area (TPSA) is 47.6 Å². The van der Waals surface area contributed by atoms with Crippen LogP contribution in [0.5, 0.6) is 5.75 Å². The summed E-state index contributed by atoms with van der Waals surface area (Å²) in [6.45, 7) is 7.66. The molecular weight excluding hydrogens is 254 g/mol. The van der Waals surface area contributed by atoms with Gasteiger partial charge in [-0.3, -0.25) is 0 Å². The maximum absolute atomic E-state index is 11.4. The lowest BCUT2D eigenvalue weighted by molar-refractivity contribution is 0.0535. The van der Waals surface area contributed by atoms with Crippen molar-refractivity contribution in [3.63, 3.8) is 0 Å². The second kappa shape index (κ2) is 6.85. The fourth-order valence-electron chi connectivity index (χ4n) is 1.47. The summed E-state index contributed by atoms with van der Waals surface area (Å²) in [5.41, 5.74) is 1.40. The minimum atomic E-state index is -0.502. The predicted molar refractivity (Wildman–Crippen MR) is 78.8 cm³/mol. The van der Waals surface area contributed by atoms with E-state index in [9.17, 15) is 4.79 Å². The van der Waals surface area contributed by atoms with E-state index in [1.54, 1.807) is 7.11 Å². The molecule has 1 amide bonds. The molecule has 1 aromatic rings. The zero-order valence-electron chi connectivity index (χ0n) is 12.7. The van der Waals surface area contributed by atoms with Gasteiger partial charge in [-0.05, 0) is 45.4 Å². The van der Waals surface area contributed by atoms with Crippen LogP contribution in [0.15, 0.2) is 18.2 Å². The number of hydrogen-bond donors (Lipinski definition) is 1. The average molecular weight is 275 g/mol. The Labute approximate surface area is 120 Å². The molecule has 0 fully saturated rings. The summed E-state index contributed by atoms with van der Waals surface area (Å²) >= 11 is 0. The largest absolute Gasteiger partial charge is 0.495 e. The van der Waals surface area contributed by atoms with E-state index in [0.29, 0.717) is 0 Å². The van der Waals surface area contributed by atoms with Gasteiger partial charge in [0.15, 0.2) is 0 Å². The third kappa shape index (κ3) is 5.66. The third-order valence-electron chi connectivity index (χ3n) is 2.30. The van der Waals surface area contributed by atoms with E-state index in [1.807, 2.05) is 45.9 Å². The summed E-state index contributed by atoms with van der Waals surface area (Å²) < 4.78 is 10.4. The Morgan fingerprint density at radius 1 is 1.35 bits per heavy atom. The van der Waals surface area contributed by atoms with Gasteiger partial charge in [0.2, 0.25) is 0 Å². The Morgan fingerprint density at radius 3 is 2.65 bits per heavy atom. The van der Waals surface area contributed by atoms with Crippen LogP contribution in [0.25, 0.3) is 0 Å². The quantitative estimate of drug-likeness (QED) is 0.844. The highest BCUT2D eigenvalue weighted by molar-refractivity contribution is 5.68. The van der Waals surface area contributed by atoms with Crippen molar-refractivity contribution in [2.75, 3.05) is 13.7 Å². The van der Waals surface area contributed by atoms with Crippen LogP contribution < -0.4 is 10.1 Å². The van der Waals surface area contributed by atoms with Crippen LogP contribution in [-0.4, -0.2) is 25.3 Å². The highest BCUT2D eigenvalue weighted by Crippen LogP contribution is 2.18. The van der Waals surface area contributed by atoms with Gasteiger partial charge < -0.3 is 14.8 Å². The molecule has 0 aliphatic carbocycles. The number of methoxy groups -OCH3 is 1. The van der Waals surface area contributed by atoms with Crippen molar-refractivity contribution >= 4 is 6.09 Å². The van der Waals surface area contributed by atoms with Gasteiger partial charge in [-0.2, -0.15) is 0 Å². The summed E-state index contributed by atoms with van der Waals surface area (Å²) in [7, 11) is 1.61. The molecule has 0 atom stereocenters. The minimum absolute atomic E-state index is 0.228. The van der Waals surface area contributed by atoms with E-state index >= 15 is 0 Å². The Bertz CT molecular complexity index is 533. The minimum Gasteiger partial charge on any atom is -0.495 e. The third-order valence-corrected chi connectivity index (χ3v) is 2.30. The Morgan fingerprint density at radius 2 is 2.05 bits per heavy atom. The average Bonchev–Trinajstić information content (AvgIpc) is 2.33. The van der Waals surface area contributed by atoms with Gasteiger partial charge >= 0.3 is 6.09 Å². The number of alkyl carbamates (subject to hydrolysis) is 1. The van der Waals surface area contributed by atoms with Crippen molar-refractivity contribution in [1.82, 2.24) is 5.32 Å². The van der Waals surface area contributed by atoms with Crippen molar-refractivity contribution in [3.05, 3.63) is 29.3 Å². The summed E-state index contributed by atoms with van der Waals surface area (Å²) in [5, 5.41) is 2.58. The number of nitrogens with one attached hydrogen (secondary N) is 1. The van der Waals surface area contributed by atoms with E-state index in [-0.39, 0.29) is 6.54 Å². The van der Waals surface area contributed by atoms with Gasteiger partial charge in [-0.1, -0.05) is 17.9 Å². The number of carbonyl (C=O) groups excluding carboxylic acids is 1. The molecule has 4 nitrogen and oxygen atoms in total. The lowest BCUT2D eigenvalue weighted by Gasteiger charge is -2.19. The Balaban J connectivity index is 2.57. The molecule has 0 aliphatic heterocycles. The van der Waals surface area contributed by atoms with Crippen LogP contribution in [-0.2, 0) is 4.74 Å². The number of benzene rings is 1. The summed E-state index contributed by atoms with van der Waals surface area (Å²) in [4.78, 5) is 11.4. The lowest BCUT2D eigenvalue weighted by Crippen LogP contribution is -2.32. The zero-order valence-corrected chi connectivity index (χ0v) is 12.7. The molecule has 0 aliphatic rings. The molecule has 1 N–H and O–H groups in total. The van der Waals surface area contributed by atoms with Crippen molar-refractivity contribution in [1.29, 1.82) is 0 Å². The van der Waals surface area contributed by atoms with Crippen molar-refractivity contribution in [3.8, 4) is 17.6 Å². The van der Waals surface area contributed by atoms with Crippen LogP contribution in [0.3, 0.4) is 0 Å². The first-order valence-corrected chi connectivity index (χ1v) is 6.42. The molecule has 0 heterocycles. The van der Waals surface area contributed by atoms with Crippen molar-refractivity contribution < 1.29 is 14.3 Å². The number of hydrogen-bond acceptors (Lipinski definition) is 3. The second-order valence-corrected chi connectivity index (χ2v) is 5.36. The highest BCUT2D eigenvalue weighted by Gasteiger charge is 2.14. The van der Waals surface area contributed by atoms with Crippen molar-refractivity contribution in [2.24, 2.45) is 0 Å². The molecule has 0 saturated heterocycles. The summed E-state index contributed by atoms with van der Waals surface area (Å²) in [6.07, 6.45) is -0.470. The molecule has 1 rings (SSSR count). The molecule has 4 heteroatoms. The van der Waals surface area contributed by atoms with E-state index in [1.165, 1.54) is 0 Å². The fraction of sp³-hybridized carbons (Fsp3) is 0.438. The van der Waals surface area contributed by atoms with Gasteiger partial charge in [-0.15, -0.1) is 0 Å². The van der Waals surface area contributed by atoms with Crippen LogP contribution in [0.2, 0.25) is 0 Å². The molecule has 0 spiro atoms. The molecule has 0 saturated carbocycles. The SMILES string of the molecule is COc1cc(C)ccc1C#CCNC(=O)OC(C)(C)C. The maximum Gasteiger partial charge on any atom is 0.408 e. The maximum atomic E-state index is 11.4. The second-order valence-electron chi connectivity index (χ2n) is 5.36. The summed E-state index contributed by atoms with van der Waals surface area (Å²) in [5.74, 6) is 6.57. The molecule has 1 aromatic carbocycles. The van der Waals surface area contributed by atoms with Crippen LogP contribution in [0.1, 0.15) is 31.9 Å². The lowest BCUT2D eigenvalue weighted by atomic mass is 10.1. The fourth-order valence-corrected chi connectivity index (χ4v) is 1.47. The summed E-state index contributed by atoms with van der Waals surface area (Å²) in [6, 6.07) is 5.79. The monoisotopic (exact) mass is 275 g/mol. The number of amides is 1. The first-order valence-electron chi connectivity index (χ1n) is 6.42. The first kappa shape index (κ1) is 15.9. The zero-order chi connectivity index (χ0) is 15.2. The van der Waals surface area contributed by atoms with Crippen LogP contribution in [0.4, 0.5) is 4.79 Å². The Kier molecular flexibility index (Phi) is 5.45. The molecule has 20 heavy (non-hydrogen) atoms. The number of ether oxygens (including phenoxy) is 2. The van der Waals surface area contributed by atoms with E-state index in [4.69, 9.17) is 9.47 Å². The molecule has 108 valence electrons. The van der Waals surface area contributed by atoms with Gasteiger partial charge in [0.1, 0.15) is 11.4 Å². The molecule has 0 radical (unpaired) electrons. The molecular formula is C16H21NO3.